The van der Waals surface area contributed by atoms with E-state index in [9.17, 15) is 4.79 Å². The van der Waals surface area contributed by atoms with E-state index in [1.54, 1.807) is 0 Å². The first kappa shape index (κ1) is 24.4. The lowest BCUT2D eigenvalue weighted by Crippen LogP contribution is -2.46. The summed E-state index contributed by atoms with van der Waals surface area (Å²) in [6.45, 7) is 15.4. The summed E-state index contributed by atoms with van der Waals surface area (Å²) in [5.74, 6) is -0.196. The third-order valence-electron chi connectivity index (χ3n) is 6.01. The Labute approximate surface area is 173 Å². The van der Waals surface area contributed by atoms with E-state index in [0.29, 0.717) is 12.2 Å². The SMILES string of the molecule is C=CCCCCCCCCCOC(=O)c1ccc(C[N+](CC)(CC)CC)cc1. The highest BCUT2D eigenvalue weighted by Crippen LogP contribution is 2.16. The molecule has 0 bridgehead atoms. The maximum atomic E-state index is 12.2. The van der Waals surface area contributed by atoms with Gasteiger partial charge in [0.1, 0.15) is 6.54 Å². The predicted molar refractivity (Wildman–Crippen MR) is 119 cm³/mol. The molecule has 0 aliphatic carbocycles. The Bertz CT molecular complexity index is 538. The fourth-order valence-electron chi connectivity index (χ4n) is 3.66. The van der Waals surface area contributed by atoms with Gasteiger partial charge in [0.15, 0.2) is 0 Å². The van der Waals surface area contributed by atoms with Crippen LogP contribution in [0.25, 0.3) is 0 Å². The molecular weight excluding hydrogens is 346 g/mol. The van der Waals surface area contributed by atoms with Crippen molar-refractivity contribution in [3.63, 3.8) is 0 Å². The minimum Gasteiger partial charge on any atom is -0.462 e. The van der Waals surface area contributed by atoms with Gasteiger partial charge in [0.25, 0.3) is 0 Å². The van der Waals surface area contributed by atoms with Crippen molar-refractivity contribution in [2.24, 2.45) is 0 Å². The first-order chi connectivity index (χ1) is 13.6. The number of benzene rings is 1. The zero-order valence-corrected chi connectivity index (χ0v) is 18.5. The Morgan fingerprint density at radius 1 is 0.893 bits per heavy atom. The second kappa shape index (κ2) is 14.4. The molecule has 0 N–H and O–H groups in total. The number of esters is 1. The van der Waals surface area contributed by atoms with E-state index >= 15 is 0 Å². The van der Waals surface area contributed by atoms with Gasteiger partial charge in [-0.1, -0.05) is 50.3 Å². The summed E-state index contributed by atoms with van der Waals surface area (Å²) in [5.41, 5.74) is 1.95. The van der Waals surface area contributed by atoms with E-state index in [1.807, 2.05) is 18.2 Å². The van der Waals surface area contributed by atoms with Gasteiger partial charge >= 0.3 is 5.97 Å². The number of carbonyl (C=O) groups excluding carboxylic acids is 1. The smallest absolute Gasteiger partial charge is 0.338 e. The van der Waals surface area contributed by atoms with Gasteiger partial charge in [0.05, 0.1) is 31.8 Å². The highest BCUT2D eigenvalue weighted by molar-refractivity contribution is 5.89. The van der Waals surface area contributed by atoms with Gasteiger partial charge in [-0.25, -0.2) is 4.79 Å². The summed E-state index contributed by atoms with van der Waals surface area (Å²) in [7, 11) is 0. The van der Waals surface area contributed by atoms with Crippen molar-refractivity contribution in [3.05, 3.63) is 48.0 Å². The molecule has 0 amide bonds. The fraction of sp³-hybridized carbons (Fsp3) is 0.640. The largest absolute Gasteiger partial charge is 0.462 e. The predicted octanol–water partition coefficient (Wildman–Crippen LogP) is 6.53. The van der Waals surface area contributed by atoms with Crippen LogP contribution in [-0.4, -0.2) is 36.7 Å². The maximum absolute atomic E-state index is 12.2. The van der Waals surface area contributed by atoms with E-state index in [1.165, 1.54) is 37.7 Å². The summed E-state index contributed by atoms with van der Waals surface area (Å²) in [6.07, 6.45) is 11.6. The van der Waals surface area contributed by atoms with Gasteiger partial charge in [-0.05, 0) is 52.2 Å². The molecule has 0 heterocycles. The molecule has 0 aliphatic rings. The molecule has 0 saturated carbocycles. The van der Waals surface area contributed by atoms with E-state index in [4.69, 9.17) is 4.74 Å². The van der Waals surface area contributed by atoms with Crippen molar-refractivity contribution >= 4 is 5.97 Å². The number of hydrogen-bond donors (Lipinski definition) is 0. The second-order valence-electron chi connectivity index (χ2n) is 7.83. The third kappa shape index (κ3) is 9.05. The molecular formula is C25H42NO2+. The lowest BCUT2D eigenvalue weighted by atomic mass is 10.1. The monoisotopic (exact) mass is 388 g/mol. The average Bonchev–Trinajstić information content (AvgIpc) is 2.74. The van der Waals surface area contributed by atoms with Crippen LogP contribution in [0.4, 0.5) is 0 Å². The molecule has 0 saturated heterocycles. The van der Waals surface area contributed by atoms with Gasteiger partial charge in [0, 0.05) is 5.56 Å². The van der Waals surface area contributed by atoms with Crippen molar-refractivity contribution in [1.82, 2.24) is 0 Å². The minimum absolute atomic E-state index is 0.196. The van der Waals surface area contributed by atoms with Crippen molar-refractivity contribution in [1.29, 1.82) is 0 Å². The van der Waals surface area contributed by atoms with Crippen LogP contribution in [0.3, 0.4) is 0 Å². The maximum Gasteiger partial charge on any atom is 0.338 e. The lowest BCUT2D eigenvalue weighted by Gasteiger charge is -2.35. The normalized spacial score (nSPS) is 11.4. The zero-order chi connectivity index (χ0) is 20.7. The van der Waals surface area contributed by atoms with E-state index in [0.717, 1.165) is 49.9 Å². The molecule has 28 heavy (non-hydrogen) atoms. The molecule has 0 aromatic heterocycles. The topological polar surface area (TPSA) is 26.3 Å². The first-order valence-corrected chi connectivity index (χ1v) is 11.3. The molecule has 0 atom stereocenters. The van der Waals surface area contributed by atoms with Crippen LogP contribution in [-0.2, 0) is 11.3 Å². The summed E-state index contributed by atoms with van der Waals surface area (Å²) in [4.78, 5) is 12.2. The van der Waals surface area contributed by atoms with Crippen LogP contribution in [0.2, 0.25) is 0 Å². The Balaban J connectivity index is 2.25. The Morgan fingerprint density at radius 2 is 1.43 bits per heavy atom. The van der Waals surface area contributed by atoms with Crippen molar-refractivity contribution in [2.75, 3.05) is 26.2 Å². The van der Waals surface area contributed by atoms with Crippen molar-refractivity contribution in [2.45, 2.75) is 78.7 Å². The van der Waals surface area contributed by atoms with Gasteiger partial charge < -0.3 is 9.22 Å². The number of carbonyl (C=O) groups is 1. The number of hydrogen-bond acceptors (Lipinski definition) is 2. The number of quaternary nitrogens is 1. The summed E-state index contributed by atoms with van der Waals surface area (Å²) < 4.78 is 6.52. The molecule has 158 valence electrons. The van der Waals surface area contributed by atoms with Gasteiger partial charge in [-0.15, -0.1) is 6.58 Å². The quantitative estimate of drug-likeness (QED) is 0.139. The van der Waals surface area contributed by atoms with Crippen LogP contribution in [0.1, 0.15) is 88.1 Å². The van der Waals surface area contributed by atoms with Crippen LogP contribution in [0.5, 0.6) is 0 Å². The van der Waals surface area contributed by atoms with E-state index in [-0.39, 0.29) is 5.97 Å². The van der Waals surface area contributed by atoms with Crippen molar-refractivity contribution in [3.8, 4) is 0 Å². The molecule has 3 nitrogen and oxygen atoms in total. The van der Waals surface area contributed by atoms with Crippen LogP contribution in [0.15, 0.2) is 36.9 Å². The first-order valence-electron chi connectivity index (χ1n) is 11.3. The summed E-state index contributed by atoms with van der Waals surface area (Å²) >= 11 is 0. The van der Waals surface area contributed by atoms with Gasteiger partial charge in [0.2, 0.25) is 0 Å². The average molecular weight is 389 g/mol. The molecule has 3 heteroatoms. The number of nitrogens with zero attached hydrogens (tertiary/aromatic N) is 1. The summed E-state index contributed by atoms with van der Waals surface area (Å²) in [5, 5.41) is 0. The number of rotatable bonds is 16. The molecule has 0 fully saturated rings. The van der Waals surface area contributed by atoms with Crippen LogP contribution in [0, 0.1) is 0 Å². The highest BCUT2D eigenvalue weighted by atomic mass is 16.5. The minimum atomic E-state index is -0.196. The molecule has 0 spiro atoms. The fourth-order valence-corrected chi connectivity index (χ4v) is 3.66. The molecule has 0 radical (unpaired) electrons. The Morgan fingerprint density at radius 3 is 1.96 bits per heavy atom. The van der Waals surface area contributed by atoms with Gasteiger partial charge in [-0.3, -0.25) is 0 Å². The van der Waals surface area contributed by atoms with Crippen LogP contribution >= 0.6 is 0 Å². The standard InChI is InChI=1S/C25H42NO2/c1-5-9-10-11-12-13-14-15-16-21-28-25(27)24-19-17-23(18-20-24)22-26(6-2,7-3)8-4/h5,17-20H,1,6-16,21-22H2,2-4H3/q+1. The van der Waals surface area contributed by atoms with Crippen LogP contribution < -0.4 is 0 Å². The number of ether oxygens (including phenoxy) is 1. The molecule has 0 aliphatic heterocycles. The van der Waals surface area contributed by atoms with E-state index < -0.39 is 0 Å². The zero-order valence-electron chi connectivity index (χ0n) is 18.5. The molecule has 1 aromatic rings. The lowest BCUT2D eigenvalue weighted by molar-refractivity contribution is -0.936. The number of allylic oxidation sites excluding steroid dienone is 1. The van der Waals surface area contributed by atoms with E-state index in [2.05, 4.69) is 39.5 Å². The Hall–Kier alpha value is -1.61. The molecule has 1 aromatic carbocycles. The number of unbranched alkanes of at least 4 members (excludes halogenated alkanes) is 7. The van der Waals surface area contributed by atoms with Crippen molar-refractivity contribution < 1.29 is 14.0 Å². The third-order valence-corrected chi connectivity index (χ3v) is 6.01. The Kier molecular flexibility index (Phi) is 12.6. The van der Waals surface area contributed by atoms with Gasteiger partial charge in [-0.2, -0.15) is 0 Å². The molecule has 1 rings (SSSR count). The second-order valence-corrected chi connectivity index (χ2v) is 7.83. The highest BCUT2D eigenvalue weighted by Gasteiger charge is 2.21. The molecule has 0 unspecified atom stereocenters. The summed E-state index contributed by atoms with van der Waals surface area (Å²) in [6, 6.07) is 7.99.